The van der Waals surface area contributed by atoms with E-state index in [1.54, 1.807) is 16.4 Å². The number of fused-ring (bicyclic) bond motifs is 1. The Bertz CT molecular complexity index is 943. The minimum absolute atomic E-state index is 0.226. The quantitative estimate of drug-likeness (QED) is 0.762. The van der Waals surface area contributed by atoms with Crippen LogP contribution in [0.3, 0.4) is 0 Å². The van der Waals surface area contributed by atoms with Gasteiger partial charge in [0.1, 0.15) is 0 Å². The van der Waals surface area contributed by atoms with Crippen molar-refractivity contribution in [1.29, 1.82) is 0 Å². The zero-order valence-electron chi connectivity index (χ0n) is 14.9. The van der Waals surface area contributed by atoms with E-state index in [9.17, 15) is 8.42 Å². The summed E-state index contributed by atoms with van der Waals surface area (Å²) in [5, 5.41) is 0. The first-order chi connectivity index (χ1) is 12.5. The van der Waals surface area contributed by atoms with Gasteiger partial charge in [0.15, 0.2) is 0 Å². The van der Waals surface area contributed by atoms with Crippen LogP contribution in [0.5, 0.6) is 0 Å². The number of rotatable bonds is 3. The molecule has 2 aromatic carbocycles. The molecule has 1 heterocycles. The molecule has 2 aliphatic rings. The Hall–Kier alpha value is -2.17. The predicted octanol–water partition coefficient (Wildman–Crippen LogP) is 4.28. The number of allylic oxidation sites excluding steroid dienone is 2. The predicted molar refractivity (Wildman–Crippen MR) is 105 cm³/mol. The van der Waals surface area contributed by atoms with E-state index in [1.807, 2.05) is 37.3 Å². The molecule has 0 N–H and O–H groups in total. The van der Waals surface area contributed by atoms with Gasteiger partial charge in [-0.15, -0.1) is 0 Å². The van der Waals surface area contributed by atoms with Crippen molar-refractivity contribution in [2.75, 3.05) is 13.1 Å². The number of benzene rings is 2. The fourth-order valence-corrected chi connectivity index (χ4v) is 5.33. The molecule has 26 heavy (non-hydrogen) atoms. The van der Waals surface area contributed by atoms with E-state index in [0.717, 1.165) is 12.0 Å². The van der Waals surface area contributed by atoms with Gasteiger partial charge in [0.2, 0.25) is 10.0 Å². The molecule has 1 fully saturated rings. The summed E-state index contributed by atoms with van der Waals surface area (Å²) in [7, 11) is -3.44. The standard InChI is InChI=1S/C22H23NO2S/c1-17-10-12-22(13-11-17)26(24,25)23-15-20-9-5-8-19(14-21(20)16-23)18-6-3-2-4-7-18/h2-7,9-14,20-21H,8,15-16H2,1H3/t20-,21-/m0/s1. The van der Waals surface area contributed by atoms with E-state index in [0.29, 0.717) is 18.0 Å². The van der Waals surface area contributed by atoms with Gasteiger partial charge in [-0.3, -0.25) is 0 Å². The summed E-state index contributed by atoms with van der Waals surface area (Å²) in [6.45, 7) is 3.06. The lowest BCUT2D eigenvalue weighted by molar-refractivity contribution is 0.467. The molecule has 0 aromatic heterocycles. The van der Waals surface area contributed by atoms with Crippen molar-refractivity contribution in [2.24, 2.45) is 11.8 Å². The minimum atomic E-state index is -3.44. The molecule has 0 bridgehead atoms. The first kappa shape index (κ1) is 17.3. The fourth-order valence-electron chi connectivity index (χ4n) is 3.81. The maximum Gasteiger partial charge on any atom is 0.243 e. The molecule has 3 nitrogen and oxygen atoms in total. The van der Waals surface area contributed by atoms with Gasteiger partial charge in [-0.2, -0.15) is 4.31 Å². The smallest absolute Gasteiger partial charge is 0.207 e. The Labute approximate surface area is 155 Å². The second-order valence-corrected chi connectivity index (χ2v) is 9.09. The van der Waals surface area contributed by atoms with Crippen LogP contribution in [-0.4, -0.2) is 25.8 Å². The largest absolute Gasteiger partial charge is 0.243 e. The van der Waals surface area contributed by atoms with E-state index in [2.05, 4.69) is 30.4 Å². The highest BCUT2D eigenvalue weighted by Crippen LogP contribution is 2.35. The van der Waals surface area contributed by atoms with Gasteiger partial charge in [-0.1, -0.05) is 66.3 Å². The van der Waals surface area contributed by atoms with E-state index in [1.165, 1.54) is 11.1 Å². The van der Waals surface area contributed by atoms with Crippen LogP contribution < -0.4 is 0 Å². The Morgan fingerprint density at radius 3 is 2.35 bits per heavy atom. The van der Waals surface area contributed by atoms with Crippen molar-refractivity contribution in [3.63, 3.8) is 0 Å². The molecule has 2 aromatic rings. The van der Waals surface area contributed by atoms with Crippen LogP contribution in [0, 0.1) is 18.8 Å². The molecule has 1 aliphatic heterocycles. The summed E-state index contributed by atoms with van der Waals surface area (Å²) in [5.41, 5.74) is 3.57. The van der Waals surface area contributed by atoms with E-state index < -0.39 is 10.0 Å². The Kier molecular flexibility index (Phi) is 4.55. The van der Waals surface area contributed by atoms with Gasteiger partial charge in [-0.25, -0.2) is 8.42 Å². The molecule has 0 spiro atoms. The average Bonchev–Trinajstić information content (AvgIpc) is 2.95. The molecule has 0 amide bonds. The molecule has 1 aliphatic carbocycles. The Morgan fingerprint density at radius 1 is 0.923 bits per heavy atom. The van der Waals surface area contributed by atoms with Crippen molar-refractivity contribution in [3.05, 3.63) is 84.0 Å². The Balaban J connectivity index is 1.61. The van der Waals surface area contributed by atoms with Gasteiger partial charge in [0.25, 0.3) is 0 Å². The zero-order valence-corrected chi connectivity index (χ0v) is 15.7. The van der Waals surface area contributed by atoms with Crippen LogP contribution in [0.4, 0.5) is 0 Å². The van der Waals surface area contributed by atoms with E-state index >= 15 is 0 Å². The van der Waals surface area contributed by atoms with Gasteiger partial charge < -0.3 is 0 Å². The number of sulfonamides is 1. The van der Waals surface area contributed by atoms with Crippen LogP contribution in [0.25, 0.3) is 5.57 Å². The number of hydrogen-bond acceptors (Lipinski definition) is 2. The lowest BCUT2D eigenvalue weighted by atomic mass is 9.94. The SMILES string of the molecule is Cc1ccc(S(=O)(=O)N2C[C@@H]3C=CCC(c4ccccc4)=C[C@H]3C2)cc1. The topological polar surface area (TPSA) is 37.4 Å². The van der Waals surface area contributed by atoms with Crippen LogP contribution in [0.1, 0.15) is 17.5 Å². The van der Waals surface area contributed by atoms with Gasteiger partial charge >= 0.3 is 0 Å². The lowest BCUT2D eigenvalue weighted by Crippen LogP contribution is -2.29. The van der Waals surface area contributed by atoms with Crippen molar-refractivity contribution >= 4 is 15.6 Å². The molecular weight excluding hydrogens is 342 g/mol. The third-order valence-corrected chi connectivity index (χ3v) is 7.16. The third-order valence-electron chi connectivity index (χ3n) is 5.32. The molecule has 1 saturated heterocycles. The third kappa shape index (κ3) is 3.27. The minimum Gasteiger partial charge on any atom is -0.207 e. The maximum absolute atomic E-state index is 13.0. The average molecular weight is 365 g/mol. The number of nitrogens with zero attached hydrogens (tertiary/aromatic N) is 1. The molecule has 0 unspecified atom stereocenters. The Morgan fingerprint density at radius 2 is 1.62 bits per heavy atom. The highest BCUT2D eigenvalue weighted by atomic mass is 32.2. The highest BCUT2D eigenvalue weighted by Gasteiger charge is 2.37. The second-order valence-electron chi connectivity index (χ2n) is 7.15. The van der Waals surface area contributed by atoms with Gasteiger partial charge in [0, 0.05) is 13.1 Å². The van der Waals surface area contributed by atoms with Crippen molar-refractivity contribution in [1.82, 2.24) is 4.31 Å². The monoisotopic (exact) mass is 365 g/mol. The van der Waals surface area contributed by atoms with Crippen LogP contribution >= 0.6 is 0 Å². The first-order valence-corrected chi connectivity index (χ1v) is 10.5. The molecule has 0 saturated carbocycles. The molecule has 2 atom stereocenters. The van der Waals surface area contributed by atoms with Gasteiger partial charge in [0.05, 0.1) is 4.90 Å². The van der Waals surface area contributed by atoms with E-state index in [4.69, 9.17) is 0 Å². The number of aryl methyl sites for hydroxylation is 1. The van der Waals surface area contributed by atoms with Crippen LogP contribution in [-0.2, 0) is 10.0 Å². The first-order valence-electron chi connectivity index (χ1n) is 9.03. The molecule has 4 rings (SSSR count). The summed E-state index contributed by atoms with van der Waals surface area (Å²) in [5.74, 6) is 0.473. The van der Waals surface area contributed by atoms with Crippen molar-refractivity contribution < 1.29 is 8.42 Å². The molecular formula is C22H23NO2S. The molecule has 134 valence electrons. The van der Waals surface area contributed by atoms with Gasteiger partial charge in [-0.05, 0) is 48.4 Å². The second kappa shape index (κ2) is 6.86. The fraction of sp³-hybridized carbons (Fsp3) is 0.273. The summed E-state index contributed by atoms with van der Waals surface area (Å²) >= 11 is 0. The molecule has 0 radical (unpaired) electrons. The summed E-state index contributed by atoms with van der Waals surface area (Å²) in [4.78, 5) is 0.385. The lowest BCUT2D eigenvalue weighted by Gasteiger charge is -2.16. The highest BCUT2D eigenvalue weighted by molar-refractivity contribution is 7.89. The van der Waals surface area contributed by atoms with Crippen molar-refractivity contribution in [3.8, 4) is 0 Å². The normalized spacial score (nSPS) is 23.3. The van der Waals surface area contributed by atoms with Crippen LogP contribution in [0.2, 0.25) is 0 Å². The maximum atomic E-state index is 13.0. The summed E-state index contributed by atoms with van der Waals surface area (Å²) in [6, 6.07) is 17.5. The number of hydrogen-bond donors (Lipinski definition) is 0. The zero-order chi connectivity index (χ0) is 18.1. The van der Waals surface area contributed by atoms with E-state index in [-0.39, 0.29) is 11.8 Å². The van der Waals surface area contributed by atoms with Crippen LogP contribution in [0.15, 0.2) is 77.7 Å². The summed E-state index contributed by atoms with van der Waals surface area (Å²) in [6.07, 6.45) is 7.57. The van der Waals surface area contributed by atoms with Crippen molar-refractivity contribution in [2.45, 2.75) is 18.2 Å². The summed E-state index contributed by atoms with van der Waals surface area (Å²) < 4.78 is 27.7. The molecule has 4 heteroatoms.